The summed E-state index contributed by atoms with van der Waals surface area (Å²) in [4.78, 5) is 13.0. The Bertz CT molecular complexity index is 444. The van der Waals surface area contributed by atoms with Gasteiger partial charge in [0.15, 0.2) is 0 Å². The Morgan fingerprint density at radius 2 is 1.85 bits per heavy atom. The maximum atomic E-state index is 12.4. The summed E-state index contributed by atoms with van der Waals surface area (Å²) in [6, 6.07) is 3.13. The summed E-state index contributed by atoms with van der Waals surface area (Å²) in [5.41, 5.74) is -0.497. The van der Waals surface area contributed by atoms with Crippen molar-refractivity contribution in [3.63, 3.8) is 0 Å². The molecule has 0 bridgehead atoms. The van der Waals surface area contributed by atoms with Crippen molar-refractivity contribution in [2.24, 2.45) is 0 Å². The third-order valence-corrected chi connectivity index (χ3v) is 2.73. The van der Waals surface area contributed by atoms with E-state index in [1.807, 2.05) is 19.0 Å². The summed E-state index contributed by atoms with van der Waals surface area (Å²) in [5, 5.41) is 11.9. The maximum Gasteiger partial charge on any atom is 0.416 e. The van der Waals surface area contributed by atoms with Crippen LogP contribution in [0.2, 0.25) is 0 Å². The second kappa shape index (κ2) is 6.71. The number of nitrogens with zero attached hydrogens (tertiary/aromatic N) is 1. The van der Waals surface area contributed by atoms with Crippen LogP contribution in [-0.4, -0.2) is 43.2 Å². The van der Waals surface area contributed by atoms with Crippen LogP contribution in [0.3, 0.4) is 0 Å². The minimum absolute atomic E-state index is 0.296. The highest BCUT2D eigenvalue weighted by molar-refractivity contribution is 5.75. The number of benzene rings is 1. The van der Waals surface area contributed by atoms with Crippen LogP contribution >= 0.6 is 0 Å². The normalized spacial score (nSPS) is 13.5. The number of halogens is 3. The standard InChI is InChI=1S/C13H17F3N2O2/c1-18(2)8-7-17-11(12(19)20)9-3-5-10(6-4-9)13(14,15)16/h3-6,11,17H,7-8H2,1-2H3,(H,19,20). The van der Waals surface area contributed by atoms with E-state index in [0.29, 0.717) is 18.7 Å². The van der Waals surface area contributed by atoms with E-state index in [1.165, 1.54) is 12.1 Å². The van der Waals surface area contributed by atoms with Gasteiger partial charge in [0, 0.05) is 13.1 Å². The molecule has 4 nitrogen and oxygen atoms in total. The third-order valence-electron chi connectivity index (χ3n) is 2.73. The van der Waals surface area contributed by atoms with Gasteiger partial charge in [-0.1, -0.05) is 12.1 Å². The molecule has 0 saturated carbocycles. The van der Waals surface area contributed by atoms with E-state index >= 15 is 0 Å². The van der Waals surface area contributed by atoms with Crippen LogP contribution < -0.4 is 5.32 Å². The lowest BCUT2D eigenvalue weighted by Gasteiger charge is -2.17. The van der Waals surface area contributed by atoms with Gasteiger partial charge in [-0.3, -0.25) is 10.1 Å². The van der Waals surface area contributed by atoms with E-state index in [1.54, 1.807) is 0 Å². The largest absolute Gasteiger partial charge is 0.480 e. The Hall–Kier alpha value is -1.60. The lowest BCUT2D eigenvalue weighted by Crippen LogP contribution is -2.33. The molecule has 0 heterocycles. The van der Waals surface area contributed by atoms with Crippen LogP contribution in [0.15, 0.2) is 24.3 Å². The molecule has 20 heavy (non-hydrogen) atoms. The van der Waals surface area contributed by atoms with Gasteiger partial charge in [0.25, 0.3) is 0 Å². The fourth-order valence-corrected chi connectivity index (χ4v) is 1.64. The molecule has 0 aliphatic carbocycles. The molecular weight excluding hydrogens is 273 g/mol. The topological polar surface area (TPSA) is 52.6 Å². The summed E-state index contributed by atoms with van der Waals surface area (Å²) in [7, 11) is 3.69. The van der Waals surface area contributed by atoms with Gasteiger partial charge in [0.05, 0.1) is 5.56 Å². The Labute approximate surface area is 115 Å². The van der Waals surface area contributed by atoms with E-state index in [9.17, 15) is 18.0 Å². The number of carbonyl (C=O) groups is 1. The van der Waals surface area contributed by atoms with Crippen molar-refractivity contribution in [1.82, 2.24) is 10.2 Å². The summed E-state index contributed by atoms with van der Waals surface area (Å²) in [6.07, 6.45) is -4.42. The fourth-order valence-electron chi connectivity index (χ4n) is 1.64. The first kappa shape index (κ1) is 16.5. The fraction of sp³-hybridized carbons (Fsp3) is 0.462. The highest BCUT2D eigenvalue weighted by Crippen LogP contribution is 2.29. The Kier molecular flexibility index (Phi) is 5.52. The number of nitrogens with one attached hydrogen (secondary N) is 1. The molecule has 1 atom stereocenters. The van der Waals surface area contributed by atoms with Gasteiger partial charge in [0.2, 0.25) is 0 Å². The molecule has 0 aromatic heterocycles. The van der Waals surface area contributed by atoms with Gasteiger partial charge in [-0.25, -0.2) is 0 Å². The van der Waals surface area contributed by atoms with Crippen LogP contribution in [0.4, 0.5) is 13.2 Å². The first-order valence-electron chi connectivity index (χ1n) is 6.00. The summed E-state index contributed by atoms with van der Waals surface area (Å²) in [5.74, 6) is -1.12. The van der Waals surface area contributed by atoms with Crippen LogP contribution in [0.25, 0.3) is 0 Å². The van der Waals surface area contributed by atoms with E-state index in [4.69, 9.17) is 5.11 Å². The lowest BCUT2D eigenvalue weighted by molar-refractivity contribution is -0.139. The number of carboxylic acids is 1. The number of rotatable bonds is 6. The molecular formula is C13H17F3N2O2. The van der Waals surface area contributed by atoms with Gasteiger partial charge < -0.3 is 10.0 Å². The van der Waals surface area contributed by atoms with Gasteiger partial charge in [0.1, 0.15) is 6.04 Å². The molecule has 0 fully saturated rings. The molecule has 112 valence electrons. The average Bonchev–Trinajstić information content (AvgIpc) is 2.33. The van der Waals surface area contributed by atoms with Crippen LogP contribution in [-0.2, 0) is 11.0 Å². The maximum absolute atomic E-state index is 12.4. The number of aliphatic carboxylic acids is 1. The zero-order valence-corrected chi connectivity index (χ0v) is 11.2. The molecule has 1 aromatic carbocycles. The van der Waals surface area contributed by atoms with Crippen molar-refractivity contribution in [3.8, 4) is 0 Å². The minimum atomic E-state index is -4.42. The summed E-state index contributed by atoms with van der Waals surface area (Å²) in [6.45, 7) is 1.05. The molecule has 7 heteroatoms. The summed E-state index contributed by atoms with van der Waals surface area (Å²) < 4.78 is 37.3. The first-order chi connectivity index (χ1) is 9.21. The SMILES string of the molecule is CN(C)CCNC(C(=O)O)c1ccc(C(F)(F)F)cc1. The smallest absolute Gasteiger partial charge is 0.416 e. The lowest BCUT2D eigenvalue weighted by atomic mass is 10.0. The number of carboxylic acid groups (broad SMARTS) is 1. The van der Waals surface area contributed by atoms with Gasteiger partial charge in [-0.15, -0.1) is 0 Å². The number of hydrogen-bond acceptors (Lipinski definition) is 3. The van der Waals surface area contributed by atoms with Crippen molar-refractivity contribution in [2.45, 2.75) is 12.2 Å². The van der Waals surface area contributed by atoms with Crippen molar-refractivity contribution < 1.29 is 23.1 Å². The molecule has 0 saturated heterocycles. The molecule has 0 aliphatic rings. The minimum Gasteiger partial charge on any atom is -0.480 e. The number of hydrogen-bond donors (Lipinski definition) is 2. The Morgan fingerprint density at radius 3 is 2.25 bits per heavy atom. The van der Waals surface area contributed by atoms with Crippen molar-refractivity contribution in [3.05, 3.63) is 35.4 Å². The van der Waals surface area contributed by atoms with E-state index < -0.39 is 23.8 Å². The average molecular weight is 290 g/mol. The Balaban J connectivity index is 2.80. The monoisotopic (exact) mass is 290 g/mol. The quantitative estimate of drug-likeness (QED) is 0.841. The molecule has 0 radical (unpaired) electrons. The van der Waals surface area contributed by atoms with Gasteiger partial charge >= 0.3 is 12.1 Å². The predicted molar refractivity (Wildman–Crippen MR) is 68.4 cm³/mol. The predicted octanol–water partition coefficient (Wildman–Crippen LogP) is 1.98. The van der Waals surface area contributed by atoms with Crippen molar-refractivity contribution in [2.75, 3.05) is 27.2 Å². The van der Waals surface area contributed by atoms with Gasteiger partial charge in [-0.05, 0) is 31.8 Å². The zero-order chi connectivity index (χ0) is 15.3. The van der Waals surface area contributed by atoms with Crippen LogP contribution in [0, 0.1) is 0 Å². The highest BCUT2D eigenvalue weighted by atomic mass is 19.4. The van der Waals surface area contributed by atoms with Crippen LogP contribution in [0.5, 0.6) is 0 Å². The van der Waals surface area contributed by atoms with Crippen LogP contribution in [0.1, 0.15) is 17.2 Å². The Morgan fingerprint density at radius 1 is 1.30 bits per heavy atom. The molecule has 2 N–H and O–H groups in total. The molecule has 0 amide bonds. The third kappa shape index (κ3) is 4.82. The van der Waals surface area contributed by atoms with E-state index in [-0.39, 0.29) is 0 Å². The molecule has 0 aliphatic heterocycles. The second-order valence-corrected chi connectivity index (χ2v) is 4.65. The van der Waals surface area contributed by atoms with Gasteiger partial charge in [-0.2, -0.15) is 13.2 Å². The summed E-state index contributed by atoms with van der Waals surface area (Å²) >= 11 is 0. The van der Waals surface area contributed by atoms with Crippen molar-refractivity contribution >= 4 is 5.97 Å². The number of alkyl halides is 3. The number of likely N-dealkylation sites (N-methyl/N-ethyl adjacent to an activating group) is 1. The molecule has 1 aromatic rings. The molecule has 0 spiro atoms. The van der Waals surface area contributed by atoms with Crippen molar-refractivity contribution in [1.29, 1.82) is 0 Å². The second-order valence-electron chi connectivity index (χ2n) is 4.65. The van der Waals surface area contributed by atoms with E-state index in [2.05, 4.69) is 5.32 Å². The van der Waals surface area contributed by atoms with E-state index in [0.717, 1.165) is 12.1 Å². The molecule has 1 unspecified atom stereocenters. The first-order valence-corrected chi connectivity index (χ1v) is 6.00. The highest BCUT2D eigenvalue weighted by Gasteiger charge is 2.30. The zero-order valence-electron chi connectivity index (χ0n) is 11.2. The molecule has 1 rings (SSSR count).